The number of hydrogen-bond acceptors (Lipinski definition) is 3. The van der Waals surface area contributed by atoms with Crippen LogP contribution >= 0.6 is 0 Å². The zero-order chi connectivity index (χ0) is 14.3. The van der Waals surface area contributed by atoms with E-state index in [1.54, 1.807) is 0 Å². The van der Waals surface area contributed by atoms with Crippen LogP contribution in [0.25, 0.3) is 0 Å². The fourth-order valence-electron chi connectivity index (χ4n) is 2.04. The van der Waals surface area contributed by atoms with Crippen LogP contribution in [0.2, 0.25) is 0 Å². The maximum absolute atomic E-state index is 11.5. The standard InChI is InChI=1S/C16H24O3/c1-13(10-16(2,3)4)11-19-15(17)12-18-14-8-6-5-7-9-14/h5-9,13H,10-12H2,1-4H3. The molecule has 0 spiro atoms. The highest BCUT2D eigenvalue weighted by atomic mass is 16.6. The van der Waals surface area contributed by atoms with Crippen LogP contribution in [0, 0.1) is 11.3 Å². The average molecular weight is 264 g/mol. The van der Waals surface area contributed by atoms with Gasteiger partial charge in [0.2, 0.25) is 0 Å². The molecule has 0 N–H and O–H groups in total. The lowest BCUT2D eigenvalue weighted by Crippen LogP contribution is -2.21. The van der Waals surface area contributed by atoms with Crippen LogP contribution in [0.1, 0.15) is 34.1 Å². The molecule has 1 atom stereocenters. The summed E-state index contributed by atoms with van der Waals surface area (Å²) < 4.78 is 10.5. The first-order valence-corrected chi connectivity index (χ1v) is 6.70. The van der Waals surface area contributed by atoms with E-state index in [0.717, 1.165) is 6.42 Å². The molecule has 0 bridgehead atoms. The van der Waals surface area contributed by atoms with Crippen LogP contribution in [-0.2, 0) is 9.53 Å². The smallest absolute Gasteiger partial charge is 0.344 e. The molecule has 3 nitrogen and oxygen atoms in total. The summed E-state index contributed by atoms with van der Waals surface area (Å²) in [5.74, 6) is 0.729. The van der Waals surface area contributed by atoms with Crippen molar-refractivity contribution in [3.05, 3.63) is 30.3 Å². The van der Waals surface area contributed by atoms with Crippen molar-refractivity contribution in [2.45, 2.75) is 34.1 Å². The largest absolute Gasteiger partial charge is 0.482 e. The first-order chi connectivity index (χ1) is 8.87. The number of carbonyl (C=O) groups is 1. The molecule has 1 aromatic carbocycles. The molecule has 1 rings (SSSR count). The third kappa shape index (κ3) is 7.50. The van der Waals surface area contributed by atoms with E-state index in [9.17, 15) is 4.79 Å². The second-order valence-corrected chi connectivity index (χ2v) is 6.15. The van der Waals surface area contributed by atoms with E-state index >= 15 is 0 Å². The number of ether oxygens (including phenoxy) is 2. The van der Waals surface area contributed by atoms with Crippen molar-refractivity contribution in [3.63, 3.8) is 0 Å². The van der Waals surface area contributed by atoms with E-state index in [2.05, 4.69) is 27.7 Å². The molecular formula is C16H24O3. The quantitative estimate of drug-likeness (QED) is 0.735. The third-order valence-electron chi connectivity index (χ3n) is 2.59. The summed E-state index contributed by atoms with van der Waals surface area (Å²) >= 11 is 0. The van der Waals surface area contributed by atoms with Crippen molar-refractivity contribution < 1.29 is 14.3 Å². The van der Waals surface area contributed by atoms with E-state index in [-0.39, 0.29) is 18.0 Å². The summed E-state index contributed by atoms with van der Waals surface area (Å²) in [4.78, 5) is 11.5. The van der Waals surface area contributed by atoms with Gasteiger partial charge in [-0.25, -0.2) is 4.79 Å². The van der Waals surface area contributed by atoms with Crippen LogP contribution in [0.5, 0.6) is 5.75 Å². The third-order valence-corrected chi connectivity index (χ3v) is 2.59. The molecule has 0 amide bonds. The highest BCUT2D eigenvalue weighted by molar-refractivity contribution is 5.71. The predicted molar refractivity (Wildman–Crippen MR) is 76.1 cm³/mol. The van der Waals surface area contributed by atoms with Gasteiger partial charge >= 0.3 is 5.97 Å². The summed E-state index contributed by atoms with van der Waals surface area (Å²) in [6.07, 6.45) is 1.03. The monoisotopic (exact) mass is 264 g/mol. The Bertz CT molecular complexity index is 379. The second kappa shape index (κ2) is 7.17. The second-order valence-electron chi connectivity index (χ2n) is 6.15. The number of para-hydroxylation sites is 1. The molecule has 106 valence electrons. The van der Waals surface area contributed by atoms with Crippen LogP contribution in [0.4, 0.5) is 0 Å². The minimum absolute atomic E-state index is 0.0355. The van der Waals surface area contributed by atoms with Crippen LogP contribution in [-0.4, -0.2) is 19.2 Å². The summed E-state index contributed by atoms with van der Waals surface area (Å²) in [5.41, 5.74) is 0.256. The van der Waals surface area contributed by atoms with Gasteiger partial charge in [-0.15, -0.1) is 0 Å². The van der Waals surface area contributed by atoms with Crippen LogP contribution in [0.15, 0.2) is 30.3 Å². The molecule has 0 aromatic heterocycles. The molecule has 0 fully saturated rings. The average Bonchev–Trinajstić information content (AvgIpc) is 2.33. The molecule has 0 saturated carbocycles. The molecule has 1 unspecified atom stereocenters. The SMILES string of the molecule is CC(COC(=O)COc1ccccc1)CC(C)(C)C. The van der Waals surface area contributed by atoms with Crippen LogP contribution in [0.3, 0.4) is 0 Å². The minimum atomic E-state index is -0.315. The predicted octanol–water partition coefficient (Wildman–Crippen LogP) is 3.68. The van der Waals surface area contributed by atoms with Gasteiger partial charge in [0.05, 0.1) is 6.61 Å². The lowest BCUT2D eigenvalue weighted by Gasteiger charge is -2.22. The van der Waals surface area contributed by atoms with Crippen molar-refractivity contribution in [2.24, 2.45) is 11.3 Å². The van der Waals surface area contributed by atoms with E-state index in [1.807, 2.05) is 30.3 Å². The number of carbonyl (C=O) groups excluding carboxylic acids is 1. The molecule has 0 heterocycles. The lowest BCUT2D eigenvalue weighted by atomic mass is 9.86. The summed E-state index contributed by atoms with van der Waals surface area (Å²) in [5, 5.41) is 0. The Morgan fingerprint density at radius 3 is 2.42 bits per heavy atom. The van der Waals surface area contributed by atoms with Crippen molar-refractivity contribution in [1.82, 2.24) is 0 Å². The van der Waals surface area contributed by atoms with Gasteiger partial charge in [0.15, 0.2) is 6.61 Å². The Hall–Kier alpha value is -1.51. The molecule has 0 saturated heterocycles. The Kier molecular flexibility index (Phi) is 5.87. The molecule has 3 heteroatoms. The molecule has 1 aromatic rings. The normalized spacial score (nSPS) is 12.8. The van der Waals surface area contributed by atoms with E-state index < -0.39 is 0 Å². The van der Waals surface area contributed by atoms with Gasteiger partial charge in [0.1, 0.15) is 5.75 Å². The lowest BCUT2D eigenvalue weighted by molar-refractivity contribution is -0.147. The fraction of sp³-hybridized carbons (Fsp3) is 0.562. The highest BCUT2D eigenvalue weighted by Gasteiger charge is 2.16. The molecular weight excluding hydrogens is 240 g/mol. The molecule has 19 heavy (non-hydrogen) atoms. The van der Waals surface area contributed by atoms with Crippen molar-refractivity contribution in [1.29, 1.82) is 0 Å². The number of rotatable bonds is 6. The zero-order valence-electron chi connectivity index (χ0n) is 12.3. The number of hydrogen-bond donors (Lipinski definition) is 0. The van der Waals surface area contributed by atoms with Gasteiger partial charge in [-0.3, -0.25) is 0 Å². The minimum Gasteiger partial charge on any atom is -0.482 e. The Balaban J connectivity index is 2.21. The van der Waals surface area contributed by atoms with E-state index in [4.69, 9.17) is 9.47 Å². The molecule has 0 aliphatic carbocycles. The van der Waals surface area contributed by atoms with Crippen molar-refractivity contribution in [2.75, 3.05) is 13.2 Å². The van der Waals surface area contributed by atoms with Gasteiger partial charge in [-0.05, 0) is 29.9 Å². The summed E-state index contributed by atoms with van der Waals surface area (Å²) in [6, 6.07) is 9.27. The highest BCUT2D eigenvalue weighted by Crippen LogP contribution is 2.24. The van der Waals surface area contributed by atoms with E-state index in [0.29, 0.717) is 18.3 Å². The van der Waals surface area contributed by atoms with Gasteiger partial charge < -0.3 is 9.47 Å². The molecule has 0 aliphatic heterocycles. The van der Waals surface area contributed by atoms with Gasteiger partial charge in [-0.2, -0.15) is 0 Å². The first kappa shape index (κ1) is 15.5. The van der Waals surface area contributed by atoms with Crippen molar-refractivity contribution in [3.8, 4) is 5.75 Å². The van der Waals surface area contributed by atoms with Crippen LogP contribution < -0.4 is 4.74 Å². The summed E-state index contributed by atoms with van der Waals surface area (Å²) in [6.45, 7) is 9.06. The summed E-state index contributed by atoms with van der Waals surface area (Å²) in [7, 11) is 0. The van der Waals surface area contributed by atoms with E-state index in [1.165, 1.54) is 0 Å². The maximum Gasteiger partial charge on any atom is 0.344 e. The van der Waals surface area contributed by atoms with Gasteiger partial charge in [0.25, 0.3) is 0 Å². The van der Waals surface area contributed by atoms with Gasteiger partial charge in [-0.1, -0.05) is 45.9 Å². The Labute approximate surface area is 115 Å². The first-order valence-electron chi connectivity index (χ1n) is 6.70. The number of esters is 1. The Morgan fingerprint density at radius 2 is 1.84 bits per heavy atom. The van der Waals surface area contributed by atoms with Gasteiger partial charge in [0, 0.05) is 0 Å². The molecule has 0 radical (unpaired) electrons. The topological polar surface area (TPSA) is 35.5 Å². The molecule has 0 aliphatic rings. The number of benzene rings is 1. The Morgan fingerprint density at radius 1 is 1.21 bits per heavy atom. The zero-order valence-corrected chi connectivity index (χ0v) is 12.3. The fourth-order valence-corrected chi connectivity index (χ4v) is 2.04. The van der Waals surface area contributed by atoms with Crippen molar-refractivity contribution >= 4 is 5.97 Å². The maximum atomic E-state index is 11.5.